The molecule has 88 valence electrons. The highest BCUT2D eigenvalue weighted by Crippen LogP contribution is 2.36. The molecule has 0 spiro atoms. The number of aromatic hydroxyl groups is 2. The molecule has 1 aromatic rings. The minimum absolute atomic E-state index is 0.126. The number of hydrogen-bond acceptors (Lipinski definition) is 4. The predicted molar refractivity (Wildman–Crippen MR) is 64.9 cm³/mol. The zero-order valence-corrected chi connectivity index (χ0v) is 10.5. The third-order valence-electron chi connectivity index (χ3n) is 2.61. The summed E-state index contributed by atoms with van der Waals surface area (Å²) in [6.07, 6.45) is 1.18. The van der Waals surface area contributed by atoms with Crippen molar-refractivity contribution in [3.05, 3.63) is 34.9 Å². The number of phenols is 2. The van der Waals surface area contributed by atoms with Crippen LogP contribution in [0.3, 0.4) is 0 Å². The number of halogens is 1. The van der Waals surface area contributed by atoms with Crippen LogP contribution in [0.4, 0.5) is 0 Å². The van der Waals surface area contributed by atoms with Crippen LogP contribution in [0.15, 0.2) is 23.8 Å². The van der Waals surface area contributed by atoms with E-state index in [2.05, 4.69) is 15.9 Å². The third kappa shape index (κ3) is 1.76. The molecule has 0 radical (unpaired) electrons. The van der Waals surface area contributed by atoms with Crippen LogP contribution in [0.5, 0.6) is 11.5 Å². The van der Waals surface area contributed by atoms with Crippen LogP contribution >= 0.6 is 15.9 Å². The van der Waals surface area contributed by atoms with Gasteiger partial charge < -0.3 is 10.2 Å². The van der Waals surface area contributed by atoms with E-state index in [4.69, 9.17) is 0 Å². The number of rotatable bonds is 1. The summed E-state index contributed by atoms with van der Waals surface area (Å²) in [6, 6.07) is 2.39. The number of Topliss-reactive ketones (excluding diaryl/α,β-unsaturated/α-hetero) is 1. The normalized spacial score (nSPS) is 16.5. The van der Waals surface area contributed by atoms with Gasteiger partial charge in [-0.05, 0) is 25.1 Å². The number of ketones is 2. The van der Waals surface area contributed by atoms with Crippen LogP contribution in [0, 0.1) is 0 Å². The molecule has 1 unspecified atom stereocenters. The van der Waals surface area contributed by atoms with Crippen molar-refractivity contribution in [1.29, 1.82) is 0 Å². The fourth-order valence-corrected chi connectivity index (χ4v) is 2.12. The number of benzene rings is 1. The van der Waals surface area contributed by atoms with Crippen molar-refractivity contribution in [3.8, 4) is 11.5 Å². The van der Waals surface area contributed by atoms with Gasteiger partial charge in [0.05, 0.1) is 11.1 Å². The maximum atomic E-state index is 12.1. The van der Waals surface area contributed by atoms with E-state index in [1.54, 1.807) is 6.92 Å². The summed E-state index contributed by atoms with van der Waals surface area (Å²) < 4.78 is 0. The average Bonchev–Trinajstić information content (AvgIpc) is 2.26. The Morgan fingerprint density at radius 3 is 2.18 bits per heavy atom. The Hall–Kier alpha value is -1.62. The van der Waals surface area contributed by atoms with E-state index >= 15 is 0 Å². The van der Waals surface area contributed by atoms with Crippen molar-refractivity contribution >= 4 is 27.5 Å². The maximum absolute atomic E-state index is 12.1. The van der Waals surface area contributed by atoms with Gasteiger partial charge in [0.25, 0.3) is 0 Å². The maximum Gasteiger partial charge on any atom is 0.194 e. The lowest BCUT2D eigenvalue weighted by molar-refractivity contribution is 0.0978. The summed E-state index contributed by atoms with van der Waals surface area (Å²) in [4.78, 5) is 23.6. The quantitative estimate of drug-likeness (QED) is 0.615. The first-order chi connectivity index (χ1) is 7.93. The van der Waals surface area contributed by atoms with E-state index in [-0.39, 0.29) is 33.0 Å². The first-order valence-electron chi connectivity index (χ1n) is 4.93. The molecule has 0 saturated heterocycles. The van der Waals surface area contributed by atoms with E-state index in [1.807, 2.05) is 0 Å². The largest absolute Gasteiger partial charge is 0.507 e. The molecule has 4 nitrogen and oxygen atoms in total. The van der Waals surface area contributed by atoms with E-state index < -0.39 is 11.6 Å². The number of carbonyl (C=O) groups is 2. The van der Waals surface area contributed by atoms with Crippen LogP contribution in [0.2, 0.25) is 0 Å². The van der Waals surface area contributed by atoms with Gasteiger partial charge in [-0.15, -0.1) is 0 Å². The summed E-state index contributed by atoms with van der Waals surface area (Å²) >= 11 is 3.21. The second-order valence-electron chi connectivity index (χ2n) is 3.76. The molecule has 0 fully saturated rings. The molecule has 0 heterocycles. The van der Waals surface area contributed by atoms with Gasteiger partial charge in [0.1, 0.15) is 11.5 Å². The third-order valence-corrected chi connectivity index (χ3v) is 3.11. The Morgan fingerprint density at radius 2 is 1.65 bits per heavy atom. The van der Waals surface area contributed by atoms with E-state index in [9.17, 15) is 19.8 Å². The molecule has 1 aromatic carbocycles. The van der Waals surface area contributed by atoms with E-state index in [0.29, 0.717) is 0 Å². The van der Waals surface area contributed by atoms with Crippen LogP contribution < -0.4 is 0 Å². The standard InChI is InChI=1S/C12H9BrO4/c1-5(13)6-4-9(16)10-7(14)2-3-8(15)11(10)12(6)17/h2-5,14-15H,1H3. The first kappa shape index (κ1) is 11.9. The molecule has 0 aromatic heterocycles. The number of alkyl halides is 1. The van der Waals surface area contributed by atoms with Crippen molar-refractivity contribution in [2.45, 2.75) is 11.8 Å². The predicted octanol–water partition coefficient (Wildman–Crippen LogP) is 2.19. The lowest BCUT2D eigenvalue weighted by Gasteiger charge is -2.18. The second-order valence-corrected chi connectivity index (χ2v) is 5.14. The van der Waals surface area contributed by atoms with Gasteiger partial charge in [0.2, 0.25) is 0 Å². The summed E-state index contributed by atoms with van der Waals surface area (Å²) in [5.41, 5.74) is 0.00843. The van der Waals surface area contributed by atoms with Gasteiger partial charge in [-0.3, -0.25) is 9.59 Å². The molecular formula is C12H9BrO4. The topological polar surface area (TPSA) is 74.6 Å². The first-order valence-corrected chi connectivity index (χ1v) is 5.84. The van der Waals surface area contributed by atoms with Crippen molar-refractivity contribution in [2.24, 2.45) is 0 Å². The van der Waals surface area contributed by atoms with Gasteiger partial charge in [-0.25, -0.2) is 0 Å². The van der Waals surface area contributed by atoms with Gasteiger partial charge in [0.15, 0.2) is 11.6 Å². The van der Waals surface area contributed by atoms with E-state index in [1.165, 1.54) is 18.2 Å². The van der Waals surface area contributed by atoms with Crippen molar-refractivity contribution in [2.75, 3.05) is 0 Å². The van der Waals surface area contributed by atoms with Gasteiger partial charge in [-0.1, -0.05) is 15.9 Å². The Balaban J connectivity index is 2.73. The fourth-order valence-electron chi connectivity index (χ4n) is 1.78. The van der Waals surface area contributed by atoms with Crippen molar-refractivity contribution in [3.63, 3.8) is 0 Å². The fraction of sp³-hybridized carbons (Fsp3) is 0.167. The number of phenolic OH excluding ortho intramolecular Hbond substituents is 2. The molecule has 0 saturated carbocycles. The molecule has 1 atom stereocenters. The highest BCUT2D eigenvalue weighted by atomic mass is 79.9. The van der Waals surface area contributed by atoms with Crippen LogP contribution in [-0.2, 0) is 0 Å². The Labute approximate surface area is 106 Å². The average molecular weight is 297 g/mol. The molecule has 1 aliphatic carbocycles. The molecule has 0 amide bonds. The van der Waals surface area contributed by atoms with Gasteiger partial charge in [-0.2, -0.15) is 0 Å². The van der Waals surface area contributed by atoms with Crippen LogP contribution in [0.1, 0.15) is 27.6 Å². The molecule has 0 bridgehead atoms. The smallest absolute Gasteiger partial charge is 0.194 e. The lowest BCUT2D eigenvalue weighted by atomic mass is 9.87. The zero-order chi connectivity index (χ0) is 12.7. The van der Waals surface area contributed by atoms with Crippen molar-refractivity contribution < 1.29 is 19.8 Å². The summed E-state index contributed by atoms with van der Waals surface area (Å²) in [6.45, 7) is 1.71. The van der Waals surface area contributed by atoms with E-state index in [0.717, 1.165) is 0 Å². The highest BCUT2D eigenvalue weighted by Gasteiger charge is 2.32. The Morgan fingerprint density at radius 1 is 1.12 bits per heavy atom. The summed E-state index contributed by atoms with van der Waals surface area (Å²) in [5, 5.41) is 19.2. The minimum Gasteiger partial charge on any atom is -0.507 e. The Bertz CT molecular complexity index is 558. The summed E-state index contributed by atoms with van der Waals surface area (Å²) in [7, 11) is 0. The van der Waals surface area contributed by atoms with Crippen molar-refractivity contribution in [1.82, 2.24) is 0 Å². The zero-order valence-electron chi connectivity index (χ0n) is 8.90. The molecule has 5 heteroatoms. The van der Waals surface area contributed by atoms with Crippen LogP contribution in [0.25, 0.3) is 0 Å². The summed E-state index contributed by atoms with van der Waals surface area (Å²) in [5.74, 6) is -1.52. The second kappa shape index (κ2) is 4.00. The molecular weight excluding hydrogens is 288 g/mol. The molecule has 2 rings (SSSR count). The number of hydrogen-bond donors (Lipinski definition) is 2. The molecule has 2 N–H and O–H groups in total. The molecule has 17 heavy (non-hydrogen) atoms. The molecule has 1 aliphatic rings. The highest BCUT2D eigenvalue weighted by molar-refractivity contribution is 9.09. The SMILES string of the molecule is CC(Br)C1=CC(=O)c2c(O)ccc(O)c2C1=O. The van der Waals surface area contributed by atoms with Gasteiger partial charge >= 0.3 is 0 Å². The van der Waals surface area contributed by atoms with Gasteiger partial charge in [0, 0.05) is 10.4 Å². The minimum atomic E-state index is -0.477. The molecule has 0 aliphatic heterocycles. The Kier molecular flexibility index (Phi) is 2.79. The number of carbonyl (C=O) groups excluding carboxylic acids is 2. The monoisotopic (exact) mass is 296 g/mol. The van der Waals surface area contributed by atoms with Crippen LogP contribution in [-0.4, -0.2) is 26.6 Å². The lowest BCUT2D eigenvalue weighted by Crippen LogP contribution is -2.21. The number of fused-ring (bicyclic) bond motifs is 1. The number of allylic oxidation sites excluding steroid dienone is 2.